The lowest BCUT2D eigenvalue weighted by Gasteiger charge is -2.30. The van der Waals surface area contributed by atoms with Crippen molar-refractivity contribution in [2.75, 3.05) is 13.1 Å². The van der Waals surface area contributed by atoms with Gasteiger partial charge in [0.05, 0.1) is 0 Å². The number of nitrogens with two attached hydrogens (primary N) is 1. The molecule has 3 heteroatoms. The summed E-state index contributed by atoms with van der Waals surface area (Å²) in [5.74, 6) is 0.965. The van der Waals surface area contributed by atoms with E-state index in [9.17, 15) is 4.79 Å². The highest BCUT2D eigenvalue weighted by Gasteiger charge is 2.32. The summed E-state index contributed by atoms with van der Waals surface area (Å²) in [5.41, 5.74) is 5.49. The van der Waals surface area contributed by atoms with E-state index in [0.717, 1.165) is 19.4 Å². The molecule has 88 valence electrons. The van der Waals surface area contributed by atoms with Crippen molar-refractivity contribution in [3.63, 3.8) is 0 Å². The third kappa shape index (κ3) is 2.94. The molecule has 1 fully saturated rings. The minimum absolute atomic E-state index is 0.0920. The molecule has 1 aliphatic heterocycles. The Kier molecular flexibility index (Phi) is 4.58. The van der Waals surface area contributed by atoms with Crippen LogP contribution in [0.5, 0.6) is 0 Å². The highest BCUT2D eigenvalue weighted by molar-refractivity contribution is 5.79. The second kappa shape index (κ2) is 5.50. The van der Waals surface area contributed by atoms with E-state index in [1.165, 1.54) is 6.42 Å². The Morgan fingerprint density at radius 1 is 1.47 bits per heavy atom. The molecule has 0 aliphatic carbocycles. The van der Waals surface area contributed by atoms with Crippen molar-refractivity contribution in [2.45, 2.75) is 46.1 Å². The first-order valence-electron chi connectivity index (χ1n) is 6.08. The van der Waals surface area contributed by atoms with Crippen molar-refractivity contribution in [1.29, 1.82) is 0 Å². The first kappa shape index (κ1) is 12.5. The van der Waals surface area contributed by atoms with E-state index in [0.29, 0.717) is 24.4 Å². The molecule has 1 saturated heterocycles. The maximum atomic E-state index is 12.1. The van der Waals surface area contributed by atoms with E-state index in [1.807, 2.05) is 6.92 Å². The van der Waals surface area contributed by atoms with E-state index in [4.69, 9.17) is 5.73 Å². The lowest BCUT2D eigenvalue weighted by molar-refractivity contribution is -0.136. The van der Waals surface area contributed by atoms with Gasteiger partial charge in [0.1, 0.15) is 0 Å². The highest BCUT2D eigenvalue weighted by atomic mass is 16.2. The van der Waals surface area contributed by atoms with Crippen molar-refractivity contribution in [2.24, 2.45) is 17.6 Å². The normalized spacial score (nSPS) is 23.5. The molecule has 0 aromatic heterocycles. The van der Waals surface area contributed by atoms with Crippen molar-refractivity contribution in [3.8, 4) is 0 Å². The van der Waals surface area contributed by atoms with Gasteiger partial charge in [-0.3, -0.25) is 4.79 Å². The Balaban J connectivity index is 2.58. The predicted molar refractivity (Wildman–Crippen MR) is 62.4 cm³/mol. The van der Waals surface area contributed by atoms with Crippen LogP contribution < -0.4 is 5.73 Å². The van der Waals surface area contributed by atoms with E-state index in [-0.39, 0.29) is 5.92 Å². The average molecular weight is 212 g/mol. The van der Waals surface area contributed by atoms with Crippen LogP contribution in [0.4, 0.5) is 0 Å². The molecule has 15 heavy (non-hydrogen) atoms. The van der Waals surface area contributed by atoms with Crippen LogP contribution in [0.25, 0.3) is 0 Å². The maximum absolute atomic E-state index is 12.1. The minimum atomic E-state index is 0.0920. The topological polar surface area (TPSA) is 46.3 Å². The molecule has 0 aromatic rings. The number of nitrogens with zero attached hydrogens (tertiary/aromatic N) is 1. The van der Waals surface area contributed by atoms with Gasteiger partial charge in [-0.05, 0) is 31.7 Å². The Labute approximate surface area is 93.0 Å². The van der Waals surface area contributed by atoms with Crippen LogP contribution >= 0.6 is 0 Å². The summed E-state index contributed by atoms with van der Waals surface area (Å²) < 4.78 is 0. The zero-order valence-corrected chi connectivity index (χ0v) is 10.2. The molecule has 0 aromatic carbocycles. The number of carbonyl (C=O) groups excluding carboxylic acids is 1. The van der Waals surface area contributed by atoms with Gasteiger partial charge in [-0.25, -0.2) is 0 Å². The smallest absolute Gasteiger partial charge is 0.225 e. The van der Waals surface area contributed by atoms with Gasteiger partial charge in [0.2, 0.25) is 5.91 Å². The van der Waals surface area contributed by atoms with Gasteiger partial charge < -0.3 is 10.6 Å². The summed E-state index contributed by atoms with van der Waals surface area (Å²) in [6.07, 6.45) is 3.13. The largest absolute Gasteiger partial charge is 0.339 e. The van der Waals surface area contributed by atoms with Gasteiger partial charge in [-0.2, -0.15) is 0 Å². The Bertz CT molecular complexity index is 216. The van der Waals surface area contributed by atoms with Gasteiger partial charge in [0.15, 0.2) is 0 Å². The lowest BCUT2D eigenvalue weighted by atomic mass is 10.00. The Morgan fingerprint density at radius 2 is 2.13 bits per heavy atom. The van der Waals surface area contributed by atoms with Crippen molar-refractivity contribution < 1.29 is 4.79 Å². The minimum Gasteiger partial charge on any atom is -0.339 e. The quantitative estimate of drug-likeness (QED) is 0.769. The SMILES string of the molecule is CC(CCN)C(=O)N1CCCC1C(C)C. The fourth-order valence-electron chi connectivity index (χ4n) is 2.42. The monoisotopic (exact) mass is 212 g/mol. The van der Waals surface area contributed by atoms with Gasteiger partial charge in [-0.15, -0.1) is 0 Å². The fourth-order valence-corrected chi connectivity index (χ4v) is 2.42. The van der Waals surface area contributed by atoms with Crippen molar-refractivity contribution in [3.05, 3.63) is 0 Å². The maximum Gasteiger partial charge on any atom is 0.225 e. The number of likely N-dealkylation sites (tertiary alicyclic amines) is 1. The second-order valence-electron chi connectivity index (χ2n) is 4.96. The fraction of sp³-hybridized carbons (Fsp3) is 0.917. The molecule has 1 amide bonds. The molecule has 3 nitrogen and oxygen atoms in total. The molecular formula is C12H24N2O. The molecule has 0 spiro atoms. The first-order chi connectivity index (χ1) is 7.07. The highest BCUT2D eigenvalue weighted by Crippen LogP contribution is 2.25. The van der Waals surface area contributed by atoms with Crippen molar-refractivity contribution >= 4 is 5.91 Å². The number of hydrogen-bond donors (Lipinski definition) is 1. The Hall–Kier alpha value is -0.570. The van der Waals surface area contributed by atoms with Gasteiger partial charge in [-0.1, -0.05) is 20.8 Å². The third-order valence-electron chi connectivity index (χ3n) is 3.37. The molecule has 1 heterocycles. The molecule has 2 atom stereocenters. The van der Waals surface area contributed by atoms with Crippen LogP contribution in [0.2, 0.25) is 0 Å². The number of rotatable bonds is 4. The molecule has 1 aliphatic rings. The van der Waals surface area contributed by atoms with Crippen LogP contribution in [0.15, 0.2) is 0 Å². The number of amides is 1. The Morgan fingerprint density at radius 3 is 2.67 bits per heavy atom. The van der Waals surface area contributed by atoms with Crippen LogP contribution in [0.1, 0.15) is 40.0 Å². The number of hydrogen-bond acceptors (Lipinski definition) is 2. The van der Waals surface area contributed by atoms with Crippen LogP contribution in [0, 0.1) is 11.8 Å². The van der Waals surface area contributed by atoms with Crippen molar-refractivity contribution in [1.82, 2.24) is 4.90 Å². The van der Waals surface area contributed by atoms with E-state index >= 15 is 0 Å². The lowest BCUT2D eigenvalue weighted by Crippen LogP contribution is -2.41. The third-order valence-corrected chi connectivity index (χ3v) is 3.37. The summed E-state index contributed by atoms with van der Waals surface area (Å²) in [6, 6.07) is 0.456. The van der Waals surface area contributed by atoms with E-state index in [2.05, 4.69) is 18.7 Å². The zero-order valence-electron chi connectivity index (χ0n) is 10.2. The van der Waals surface area contributed by atoms with Gasteiger partial charge in [0.25, 0.3) is 0 Å². The molecule has 2 unspecified atom stereocenters. The second-order valence-corrected chi connectivity index (χ2v) is 4.96. The molecule has 1 rings (SSSR count). The van der Waals surface area contributed by atoms with Gasteiger partial charge >= 0.3 is 0 Å². The molecule has 0 saturated carbocycles. The summed E-state index contributed by atoms with van der Waals surface area (Å²) in [5, 5.41) is 0. The van der Waals surface area contributed by atoms with Crippen LogP contribution in [-0.4, -0.2) is 29.9 Å². The molecule has 0 radical (unpaired) electrons. The summed E-state index contributed by atoms with van der Waals surface area (Å²) in [4.78, 5) is 14.2. The summed E-state index contributed by atoms with van der Waals surface area (Å²) in [7, 11) is 0. The van der Waals surface area contributed by atoms with Crippen LogP contribution in [-0.2, 0) is 4.79 Å². The molecular weight excluding hydrogens is 188 g/mol. The van der Waals surface area contributed by atoms with E-state index < -0.39 is 0 Å². The summed E-state index contributed by atoms with van der Waals surface area (Å²) in [6.45, 7) is 7.93. The molecule has 2 N–H and O–H groups in total. The predicted octanol–water partition coefficient (Wildman–Crippen LogP) is 1.62. The first-order valence-corrected chi connectivity index (χ1v) is 6.08. The standard InChI is InChI=1S/C12H24N2O/c1-9(2)11-5-4-8-14(11)12(15)10(3)6-7-13/h9-11H,4-8,13H2,1-3H3. The molecule has 0 bridgehead atoms. The van der Waals surface area contributed by atoms with E-state index in [1.54, 1.807) is 0 Å². The summed E-state index contributed by atoms with van der Waals surface area (Å²) >= 11 is 0. The number of carbonyl (C=O) groups is 1. The van der Waals surface area contributed by atoms with Gasteiger partial charge in [0, 0.05) is 18.5 Å². The zero-order chi connectivity index (χ0) is 11.4. The average Bonchev–Trinajstić information content (AvgIpc) is 2.65. The van der Waals surface area contributed by atoms with Crippen LogP contribution in [0.3, 0.4) is 0 Å².